The Bertz CT molecular complexity index is 788. The summed E-state index contributed by atoms with van der Waals surface area (Å²) in [6, 6.07) is 9.98. The van der Waals surface area contributed by atoms with E-state index in [0.29, 0.717) is 11.3 Å². The number of nitrogens with zero attached hydrogens (tertiary/aromatic N) is 3. The van der Waals surface area contributed by atoms with Gasteiger partial charge in [-0.15, -0.1) is 0 Å². The van der Waals surface area contributed by atoms with Crippen molar-refractivity contribution in [3.8, 4) is 16.9 Å². The van der Waals surface area contributed by atoms with Crippen LogP contribution >= 0.6 is 0 Å². The minimum Gasteiger partial charge on any atom is -0.298 e. The summed E-state index contributed by atoms with van der Waals surface area (Å²) >= 11 is 0. The standard InChI is InChI=1S/C17H15N3O/c1-12-3-5-16(6-4-12)20-10-15(11-21)17(19-20)14-7-13(2)8-18-9-14/h3-11H,1-2H3. The van der Waals surface area contributed by atoms with Gasteiger partial charge >= 0.3 is 0 Å². The molecule has 2 aromatic heterocycles. The van der Waals surface area contributed by atoms with Crippen LogP contribution in [0, 0.1) is 13.8 Å². The van der Waals surface area contributed by atoms with Gasteiger partial charge in [-0.1, -0.05) is 17.7 Å². The molecule has 0 aliphatic carbocycles. The Morgan fingerprint density at radius 2 is 1.81 bits per heavy atom. The first-order valence-electron chi connectivity index (χ1n) is 6.71. The van der Waals surface area contributed by atoms with Crippen molar-refractivity contribution in [1.29, 1.82) is 0 Å². The maximum absolute atomic E-state index is 11.3. The van der Waals surface area contributed by atoms with Crippen LogP contribution in [0.4, 0.5) is 0 Å². The second-order valence-electron chi connectivity index (χ2n) is 5.08. The van der Waals surface area contributed by atoms with Crippen LogP contribution < -0.4 is 0 Å². The molecule has 0 unspecified atom stereocenters. The molecule has 0 amide bonds. The van der Waals surface area contributed by atoms with Crippen molar-refractivity contribution in [2.45, 2.75) is 13.8 Å². The molecule has 0 N–H and O–H groups in total. The van der Waals surface area contributed by atoms with Gasteiger partial charge in [0.1, 0.15) is 5.69 Å². The van der Waals surface area contributed by atoms with Crippen molar-refractivity contribution in [2.75, 3.05) is 0 Å². The molecule has 3 rings (SSSR count). The molecule has 0 saturated heterocycles. The Kier molecular flexibility index (Phi) is 3.36. The van der Waals surface area contributed by atoms with E-state index in [1.54, 1.807) is 23.3 Å². The average Bonchev–Trinajstić information content (AvgIpc) is 2.92. The predicted octanol–water partition coefficient (Wildman–Crippen LogP) is 3.36. The van der Waals surface area contributed by atoms with Crippen molar-refractivity contribution < 1.29 is 4.79 Å². The molecule has 0 aliphatic rings. The molecule has 21 heavy (non-hydrogen) atoms. The summed E-state index contributed by atoms with van der Waals surface area (Å²) in [5.74, 6) is 0. The molecule has 0 spiro atoms. The number of carbonyl (C=O) groups excluding carboxylic acids is 1. The van der Waals surface area contributed by atoms with Crippen molar-refractivity contribution in [3.05, 3.63) is 65.6 Å². The van der Waals surface area contributed by atoms with E-state index in [1.807, 2.05) is 44.2 Å². The zero-order valence-electron chi connectivity index (χ0n) is 11.9. The first-order chi connectivity index (χ1) is 10.2. The van der Waals surface area contributed by atoms with Gasteiger partial charge in [0.2, 0.25) is 0 Å². The Morgan fingerprint density at radius 3 is 2.48 bits per heavy atom. The van der Waals surface area contributed by atoms with E-state index in [4.69, 9.17) is 0 Å². The molecule has 1 aromatic carbocycles. The fraction of sp³-hybridized carbons (Fsp3) is 0.118. The monoisotopic (exact) mass is 277 g/mol. The highest BCUT2D eigenvalue weighted by Gasteiger charge is 2.12. The largest absolute Gasteiger partial charge is 0.298 e. The molecule has 0 fully saturated rings. The van der Waals surface area contributed by atoms with Crippen molar-refractivity contribution in [3.63, 3.8) is 0 Å². The number of rotatable bonds is 3. The van der Waals surface area contributed by atoms with Crippen molar-refractivity contribution in [2.24, 2.45) is 0 Å². The van der Waals surface area contributed by atoms with Crippen LogP contribution in [0.1, 0.15) is 21.5 Å². The topological polar surface area (TPSA) is 47.8 Å². The number of aromatic nitrogens is 3. The maximum Gasteiger partial charge on any atom is 0.153 e. The minimum atomic E-state index is 0.558. The lowest BCUT2D eigenvalue weighted by Crippen LogP contribution is -1.94. The lowest BCUT2D eigenvalue weighted by atomic mass is 10.1. The molecule has 0 atom stereocenters. The summed E-state index contributed by atoms with van der Waals surface area (Å²) in [5.41, 5.74) is 5.21. The number of hydrogen-bond donors (Lipinski definition) is 0. The van der Waals surface area contributed by atoms with Crippen LogP contribution in [0.15, 0.2) is 48.9 Å². The molecular weight excluding hydrogens is 262 g/mol. The molecule has 4 heteroatoms. The zero-order chi connectivity index (χ0) is 14.8. The second-order valence-corrected chi connectivity index (χ2v) is 5.08. The zero-order valence-corrected chi connectivity index (χ0v) is 11.9. The van der Waals surface area contributed by atoms with Gasteiger partial charge in [-0.2, -0.15) is 5.10 Å². The van der Waals surface area contributed by atoms with Gasteiger partial charge in [-0.25, -0.2) is 4.68 Å². The third-order valence-corrected chi connectivity index (χ3v) is 3.32. The third kappa shape index (κ3) is 2.60. The van der Waals surface area contributed by atoms with E-state index < -0.39 is 0 Å². The lowest BCUT2D eigenvalue weighted by molar-refractivity contribution is 0.112. The van der Waals surface area contributed by atoms with Crippen LogP contribution in [0.3, 0.4) is 0 Å². The molecule has 3 aromatic rings. The van der Waals surface area contributed by atoms with Crippen LogP contribution in [0.25, 0.3) is 16.9 Å². The smallest absolute Gasteiger partial charge is 0.153 e. The molecule has 0 bridgehead atoms. The van der Waals surface area contributed by atoms with E-state index in [1.165, 1.54) is 5.56 Å². The molecule has 0 aliphatic heterocycles. The number of aryl methyl sites for hydroxylation is 2. The van der Waals surface area contributed by atoms with Gasteiger partial charge in [0.25, 0.3) is 0 Å². The number of benzene rings is 1. The lowest BCUT2D eigenvalue weighted by Gasteiger charge is -2.02. The van der Waals surface area contributed by atoms with Gasteiger partial charge in [-0.05, 0) is 37.6 Å². The van der Waals surface area contributed by atoms with Crippen LogP contribution in [-0.4, -0.2) is 21.1 Å². The van der Waals surface area contributed by atoms with E-state index in [9.17, 15) is 4.79 Å². The van der Waals surface area contributed by atoms with Gasteiger partial charge in [-0.3, -0.25) is 9.78 Å². The maximum atomic E-state index is 11.3. The van der Waals surface area contributed by atoms with E-state index in [0.717, 1.165) is 23.1 Å². The molecular formula is C17H15N3O. The Hall–Kier alpha value is -2.75. The highest BCUT2D eigenvalue weighted by atomic mass is 16.1. The minimum absolute atomic E-state index is 0.558. The van der Waals surface area contributed by atoms with Gasteiger partial charge in [0, 0.05) is 24.2 Å². The van der Waals surface area contributed by atoms with E-state index >= 15 is 0 Å². The van der Waals surface area contributed by atoms with Crippen molar-refractivity contribution >= 4 is 6.29 Å². The molecule has 0 saturated carbocycles. The molecule has 104 valence electrons. The fourth-order valence-corrected chi connectivity index (χ4v) is 2.21. The van der Waals surface area contributed by atoms with Gasteiger partial charge < -0.3 is 0 Å². The highest BCUT2D eigenvalue weighted by Crippen LogP contribution is 2.22. The highest BCUT2D eigenvalue weighted by molar-refractivity contribution is 5.85. The summed E-state index contributed by atoms with van der Waals surface area (Å²) in [6.07, 6.45) is 6.08. The summed E-state index contributed by atoms with van der Waals surface area (Å²) in [7, 11) is 0. The average molecular weight is 277 g/mol. The summed E-state index contributed by atoms with van der Waals surface area (Å²) in [6.45, 7) is 4.00. The van der Waals surface area contributed by atoms with Gasteiger partial charge in [0.05, 0.1) is 11.3 Å². The SMILES string of the molecule is Cc1ccc(-n2cc(C=O)c(-c3cncc(C)c3)n2)cc1. The Morgan fingerprint density at radius 1 is 1.05 bits per heavy atom. The van der Waals surface area contributed by atoms with Crippen molar-refractivity contribution in [1.82, 2.24) is 14.8 Å². The first kappa shape index (κ1) is 13.2. The fourth-order valence-electron chi connectivity index (χ4n) is 2.21. The second kappa shape index (κ2) is 5.32. The number of pyridine rings is 1. The Balaban J connectivity index is 2.10. The number of hydrogen-bond acceptors (Lipinski definition) is 3. The van der Waals surface area contributed by atoms with E-state index in [-0.39, 0.29) is 0 Å². The molecule has 0 radical (unpaired) electrons. The van der Waals surface area contributed by atoms with Crippen LogP contribution in [-0.2, 0) is 0 Å². The quantitative estimate of drug-likeness (QED) is 0.690. The summed E-state index contributed by atoms with van der Waals surface area (Å²) < 4.78 is 1.72. The Labute approximate surface area is 123 Å². The van der Waals surface area contributed by atoms with Gasteiger partial charge in [0.15, 0.2) is 6.29 Å². The van der Waals surface area contributed by atoms with Crippen LogP contribution in [0.2, 0.25) is 0 Å². The summed E-state index contributed by atoms with van der Waals surface area (Å²) in [5, 5.41) is 4.54. The van der Waals surface area contributed by atoms with Crippen LogP contribution in [0.5, 0.6) is 0 Å². The first-order valence-corrected chi connectivity index (χ1v) is 6.71. The van der Waals surface area contributed by atoms with E-state index in [2.05, 4.69) is 10.1 Å². The predicted molar refractivity (Wildman–Crippen MR) is 81.7 cm³/mol. The third-order valence-electron chi connectivity index (χ3n) is 3.32. The number of aldehydes is 1. The number of carbonyl (C=O) groups is 1. The normalized spacial score (nSPS) is 10.6. The summed E-state index contributed by atoms with van der Waals surface area (Å²) in [4.78, 5) is 15.5. The molecule has 2 heterocycles. The molecule has 4 nitrogen and oxygen atoms in total.